The fourth-order valence-electron chi connectivity index (χ4n) is 3.57. The highest BCUT2D eigenvalue weighted by Crippen LogP contribution is 2.49. The molecular formula is C18H20F3N3O6. The molecule has 1 saturated heterocycles. The summed E-state index contributed by atoms with van der Waals surface area (Å²) in [6.45, 7) is 1.88. The van der Waals surface area contributed by atoms with E-state index in [1.54, 1.807) is 12.1 Å². The summed E-state index contributed by atoms with van der Waals surface area (Å²) in [5.74, 6) is -8.45. The zero-order valence-electron chi connectivity index (χ0n) is 16.5. The van der Waals surface area contributed by atoms with E-state index in [9.17, 15) is 42.9 Å². The van der Waals surface area contributed by atoms with Crippen LogP contribution >= 0.6 is 0 Å². The van der Waals surface area contributed by atoms with E-state index in [1.807, 2.05) is 0 Å². The molecule has 0 radical (unpaired) electrons. The monoisotopic (exact) mass is 431 g/mol. The number of Topliss-reactive ketones (excluding diaryl/α,β-unsaturated/α-hetero) is 1. The molecule has 0 aromatic rings. The molecule has 0 spiro atoms. The van der Waals surface area contributed by atoms with Crippen LogP contribution in [0.1, 0.15) is 33.6 Å². The predicted molar refractivity (Wildman–Crippen MR) is 90.8 cm³/mol. The first-order valence-corrected chi connectivity index (χ1v) is 8.94. The Morgan fingerprint density at radius 2 is 1.53 bits per heavy atom. The van der Waals surface area contributed by atoms with Crippen molar-refractivity contribution in [2.75, 3.05) is 19.8 Å². The molecule has 0 aliphatic carbocycles. The average Bonchev–Trinajstić information content (AvgIpc) is 2.66. The minimum atomic E-state index is -5.50. The van der Waals surface area contributed by atoms with Gasteiger partial charge in [-0.2, -0.15) is 23.7 Å². The van der Waals surface area contributed by atoms with Gasteiger partial charge in [0.05, 0.1) is 25.4 Å². The van der Waals surface area contributed by atoms with E-state index in [1.165, 1.54) is 13.8 Å². The number of nitrogens with zero attached hydrogens (tertiary/aromatic N) is 3. The number of amides is 1. The molecule has 1 aliphatic heterocycles. The predicted octanol–water partition coefficient (Wildman–Crippen LogP) is 1.27. The Morgan fingerprint density at radius 3 is 1.87 bits per heavy atom. The lowest BCUT2D eigenvalue weighted by Gasteiger charge is -2.51. The van der Waals surface area contributed by atoms with Crippen LogP contribution in [0.3, 0.4) is 0 Å². The van der Waals surface area contributed by atoms with Gasteiger partial charge < -0.3 is 19.2 Å². The number of hydrogen-bond acceptors (Lipinski definition) is 8. The number of nitriles is 2. The second-order valence-corrected chi connectivity index (χ2v) is 6.57. The van der Waals surface area contributed by atoms with Crippen LogP contribution in [-0.2, 0) is 28.7 Å². The summed E-state index contributed by atoms with van der Waals surface area (Å²) < 4.78 is 49.6. The number of ether oxygens (including phenoxy) is 2. The molecular weight excluding hydrogens is 411 g/mol. The Morgan fingerprint density at radius 1 is 1.07 bits per heavy atom. The smallest absolute Gasteiger partial charge is 0.464 e. The normalized spacial score (nSPS) is 19.7. The number of ketones is 1. The summed E-state index contributed by atoms with van der Waals surface area (Å²) >= 11 is 0. The Kier molecular flexibility index (Phi) is 7.56. The minimum absolute atomic E-state index is 0.0798. The first-order chi connectivity index (χ1) is 13.9. The van der Waals surface area contributed by atoms with Gasteiger partial charge in [-0.1, -0.05) is 0 Å². The van der Waals surface area contributed by atoms with Crippen molar-refractivity contribution in [1.82, 2.24) is 4.90 Å². The summed E-state index contributed by atoms with van der Waals surface area (Å²) in [7, 11) is 0. The fourth-order valence-corrected chi connectivity index (χ4v) is 3.57. The van der Waals surface area contributed by atoms with Crippen LogP contribution in [0.25, 0.3) is 0 Å². The zero-order valence-corrected chi connectivity index (χ0v) is 16.5. The molecule has 0 saturated carbocycles. The first-order valence-electron chi connectivity index (χ1n) is 8.94. The number of piperidine rings is 1. The SMILES string of the molecule is CCOC(=O)C1(C(=O)OCC)[C@H](CC(C)=O)C(C#N)(C#N)CCN1C(=O)C(F)(F)F. The van der Waals surface area contributed by atoms with Crippen LogP contribution in [0.2, 0.25) is 0 Å². The lowest BCUT2D eigenvalue weighted by molar-refractivity contribution is -0.212. The number of halogens is 3. The molecule has 12 heteroatoms. The molecule has 1 amide bonds. The summed E-state index contributed by atoms with van der Waals surface area (Å²) in [6.07, 6.45) is -6.94. The standard InChI is InChI=1S/C18H20F3N3O6/c1-4-29-14(27)17(15(28)30-5-2)12(8-11(3)25)16(9-22,10-23)6-7-24(17)13(26)18(19,20)21/h12H,4-8H2,1-3H3/t12-/m1/s1. The van der Waals surface area contributed by atoms with Gasteiger partial charge in [0, 0.05) is 18.9 Å². The zero-order chi connectivity index (χ0) is 23.3. The van der Waals surface area contributed by atoms with Crippen LogP contribution in [0.5, 0.6) is 0 Å². The number of esters is 2. The van der Waals surface area contributed by atoms with Crippen LogP contribution in [0.15, 0.2) is 0 Å². The minimum Gasteiger partial charge on any atom is -0.464 e. The molecule has 30 heavy (non-hydrogen) atoms. The van der Waals surface area contributed by atoms with E-state index in [4.69, 9.17) is 9.47 Å². The van der Waals surface area contributed by atoms with E-state index in [0.717, 1.165) is 6.92 Å². The maximum Gasteiger partial charge on any atom is 0.471 e. The van der Waals surface area contributed by atoms with Crippen molar-refractivity contribution in [2.45, 2.75) is 45.3 Å². The molecule has 1 heterocycles. The van der Waals surface area contributed by atoms with Crippen LogP contribution in [-0.4, -0.2) is 60.0 Å². The highest BCUT2D eigenvalue weighted by molar-refractivity contribution is 6.09. The average molecular weight is 431 g/mol. The van der Waals surface area contributed by atoms with Gasteiger partial charge in [-0.05, 0) is 27.2 Å². The molecule has 0 aromatic heterocycles. The van der Waals surface area contributed by atoms with Crippen LogP contribution < -0.4 is 0 Å². The molecule has 1 fully saturated rings. The Bertz CT molecular complexity index is 779. The van der Waals surface area contributed by atoms with E-state index in [2.05, 4.69) is 0 Å². The molecule has 9 nitrogen and oxygen atoms in total. The topological polar surface area (TPSA) is 138 Å². The first kappa shape index (κ1) is 24.9. The quantitative estimate of drug-likeness (QED) is 0.453. The highest BCUT2D eigenvalue weighted by Gasteiger charge is 2.71. The number of likely N-dealkylation sites (tertiary alicyclic amines) is 1. The van der Waals surface area contributed by atoms with Gasteiger partial charge in [0.25, 0.3) is 0 Å². The van der Waals surface area contributed by atoms with Crippen molar-refractivity contribution in [2.24, 2.45) is 11.3 Å². The number of carbonyl (C=O) groups is 4. The molecule has 0 N–H and O–H groups in total. The maximum absolute atomic E-state index is 13.3. The lowest BCUT2D eigenvalue weighted by Crippen LogP contribution is -2.74. The molecule has 0 unspecified atom stereocenters. The summed E-state index contributed by atoms with van der Waals surface area (Å²) in [5, 5.41) is 19.3. The van der Waals surface area contributed by atoms with Gasteiger partial charge >= 0.3 is 24.0 Å². The Hall–Kier alpha value is -3.15. The number of alkyl halides is 3. The third kappa shape index (κ3) is 4.08. The van der Waals surface area contributed by atoms with Gasteiger partial charge in [-0.3, -0.25) is 4.79 Å². The Labute approximate surface area is 170 Å². The van der Waals surface area contributed by atoms with Crippen molar-refractivity contribution < 1.29 is 41.8 Å². The van der Waals surface area contributed by atoms with Crippen molar-refractivity contribution in [3.05, 3.63) is 0 Å². The van der Waals surface area contributed by atoms with E-state index in [0.29, 0.717) is 0 Å². The lowest BCUT2D eigenvalue weighted by atomic mass is 9.60. The number of rotatable bonds is 6. The number of carbonyl (C=O) groups excluding carboxylic acids is 4. The van der Waals surface area contributed by atoms with E-state index >= 15 is 0 Å². The molecule has 1 aliphatic rings. The van der Waals surface area contributed by atoms with Crippen molar-refractivity contribution in [1.29, 1.82) is 10.5 Å². The van der Waals surface area contributed by atoms with E-state index in [-0.39, 0.29) is 4.90 Å². The maximum atomic E-state index is 13.3. The van der Waals surface area contributed by atoms with Gasteiger partial charge in [-0.25, -0.2) is 9.59 Å². The highest BCUT2D eigenvalue weighted by atomic mass is 19.4. The van der Waals surface area contributed by atoms with E-state index < -0.39 is 79.3 Å². The number of hydrogen-bond donors (Lipinski definition) is 0. The molecule has 164 valence electrons. The van der Waals surface area contributed by atoms with Crippen LogP contribution in [0.4, 0.5) is 13.2 Å². The van der Waals surface area contributed by atoms with Crippen molar-refractivity contribution >= 4 is 23.6 Å². The summed E-state index contributed by atoms with van der Waals surface area (Å²) in [4.78, 5) is 50.0. The molecule has 0 bridgehead atoms. The third-order valence-electron chi connectivity index (χ3n) is 4.81. The van der Waals surface area contributed by atoms with Crippen molar-refractivity contribution in [3.63, 3.8) is 0 Å². The second kappa shape index (κ2) is 9.11. The summed E-state index contributed by atoms with van der Waals surface area (Å²) in [6, 6.07) is 3.24. The van der Waals surface area contributed by atoms with Crippen LogP contribution in [0, 0.1) is 34.0 Å². The Balaban J connectivity index is 4.02. The van der Waals surface area contributed by atoms with Crippen molar-refractivity contribution in [3.8, 4) is 12.1 Å². The molecule has 0 aromatic carbocycles. The van der Waals surface area contributed by atoms with Gasteiger partial charge in [0.1, 0.15) is 5.78 Å². The van der Waals surface area contributed by atoms with Gasteiger partial charge in [-0.15, -0.1) is 0 Å². The largest absolute Gasteiger partial charge is 0.471 e. The second-order valence-electron chi connectivity index (χ2n) is 6.57. The molecule has 1 rings (SSSR count). The van der Waals surface area contributed by atoms with Gasteiger partial charge in [0.15, 0.2) is 5.41 Å². The fraction of sp³-hybridized carbons (Fsp3) is 0.667. The molecule has 1 atom stereocenters. The van der Waals surface area contributed by atoms with Gasteiger partial charge in [0.2, 0.25) is 5.54 Å². The summed E-state index contributed by atoms with van der Waals surface area (Å²) in [5.41, 5.74) is -5.37. The third-order valence-corrected chi connectivity index (χ3v) is 4.81.